The van der Waals surface area contributed by atoms with E-state index in [1.165, 1.54) is 40.7 Å². The monoisotopic (exact) mass is 248 g/mol. The van der Waals surface area contributed by atoms with Crippen molar-refractivity contribution in [3.05, 3.63) is 65.2 Å². The first-order valence-corrected chi connectivity index (χ1v) is 7.17. The SMILES string of the molecule is CCCC1C(C)=Cc2c(-c3ccccc3)cccc21. The molecule has 0 heterocycles. The third-order valence-electron chi connectivity index (χ3n) is 4.10. The first kappa shape index (κ1) is 12.2. The molecule has 2 aromatic rings. The normalized spacial score (nSPS) is 17.2. The average molecular weight is 248 g/mol. The molecule has 0 spiro atoms. The number of allylic oxidation sites excluding steroid dienone is 1. The highest BCUT2D eigenvalue weighted by Gasteiger charge is 2.23. The molecule has 3 rings (SSSR count). The third-order valence-corrected chi connectivity index (χ3v) is 4.10. The van der Waals surface area contributed by atoms with Gasteiger partial charge in [-0.15, -0.1) is 0 Å². The maximum atomic E-state index is 2.39. The topological polar surface area (TPSA) is 0 Å². The van der Waals surface area contributed by atoms with Gasteiger partial charge in [-0.3, -0.25) is 0 Å². The van der Waals surface area contributed by atoms with Crippen molar-refractivity contribution in [2.24, 2.45) is 0 Å². The van der Waals surface area contributed by atoms with Crippen LogP contribution in [0.3, 0.4) is 0 Å². The molecule has 96 valence electrons. The first-order valence-electron chi connectivity index (χ1n) is 7.17. The molecule has 0 amide bonds. The Morgan fingerprint density at radius 1 is 0.947 bits per heavy atom. The number of fused-ring (bicyclic) bond motifs is 1. The van der Waals surface area contributed by atoms with Gasteiger partial charge in [0.25, 0.3) is 0 Å². The van der Waals surface area contributed by atoms with Crippen LogP contribution in [0, 0.1) is 0 Å². The number of benzene rings is 2. The van der Waals surface area contributed by atoms with Gasteiger partial charge >= 0.3 is 0 Å². The van der Waals surface area contributed by atoms with Crippen molar-refractivity contribution in [3.8, 4) is 11.1 Å². The summed E-state index contributed by atoms with van der Waals surface area (Å²) in [7, 11) is 0. The summed E-state index contributed by atoms with van der Waals surface area (Å²) < 4.78 is 0. The van der Waals surface area contributed by atoms with Crippen LogP contribution in [0.1, 0.15) is 43.7 Å². The molecule has 0 aromatic heterocycles. The minimum atomic E-state index is 0.628. The first-order chi connectivity index (χ1) is 9.31. The van der Waals surface area contributed by atoms with Crippen LogP contribution >= 0.6 is 0 Å². The van der Waals surface area contributed by atoms with Crippen LogP contribution in [0.25, 0.3) is 17.2 Å². The third kappa shape index (κ3) is 2.12. The van der Waals surface area contributed by atoms with Crippen LogP contribution < -0.4 is 0 Å². The lowest BCUT2D eigenvalue weighted by Crippen LogP contribution is -1.97. The molecular formula is C19H20. The summed E-state index contributed by atoms with van der Waals surface area (Å²) >= 11 is 0. The van der Waals surface area contributed by atoms with Gasteiger partial charge in [-0.1, -0.05) is 73.5 Å². The van der Waals surface area contributed by atoms with Crippen LogP contribution in [0.2, 0.25) is 0 Å². The summed E-state index contributed by atoms with van der Waals surface area (Å²) in [5.74, 6) is 0.628. The van der Waals surface area contributed by atoms with E-state index < -0.39 is 0 Å². The Bertz CT molecular complexity index is 605. The molecule has 0 nitrogen and oxygen atoms in total. The zero-order valence-electron chi connectivity index (χ0n) is 11.7. The summed E-state index contributed by atoms with van der Waals surface area (Å²) in [6, 6.07) is 17.5. The predicted molar refractivity (Wildman–Crippen MR) is 83.2 cm³/mol. The van der Waals surface area contributed by atoms with E-state index in [-0.39, 0.29) is 0 Å². The average Bonchev–Trinajstić information content (AvgIpc) is 2.77. The number of hydrogen-bond acceptors (Lipinski definition) is 0. The smallest absolute Gasteiger partial charge is 0.00547 e. The fraction of sp³-hybridized carbons (Fsp3) is 0.263. The number of rotatable bonds is 3. The lowest BCUT2D eigenvalue weighted by molar-refractivity contribution is 0.698. The Hall–Kier alpha value is -1.82. The van der Waals surface area contributed by atoms with E-state index >= 15 is 0 Å². The van der Waals surface area contributed by atoms with Gasteiger partial charge in [-0.2, -0.15) is 0 Å². The van der Waals surface area contributed by atoms with Crippen molar-refractivity contribution in [2.45, 2.75) is 32.6 Å². The van der Waals surface area contributed by atoms with E-state index in [1.807, 2.05) is 0 Å². The Morgan fingerprint density at radius 3 is 2.47 bits per heavy atom. The van der Waals surface area contributed by atoms with E-state index in [4.69, 9.17) is 0 Å². The van der Waals surface area contributed by atoms with Crippen molar-refractivity contribution < 1.29 is 0 Å². The zero-order chi connectivity index (χ0) is 13.2. The lowest BCUT2D eigenvalue weighted by atomic mass is 9.90. The molecule has 0 N–H and O–H groups in total. The zero-order valence-corrected chi connectivity index (χ0v) is 11.7. The molecule has 1 unspecified atom stereocenters. The van der Waals surface area contributed by atoms with Gasteiger partial charge in [0.15, 0.2) is 0 Å². The molecule has 0 radical (unpaired) electrons. The van der Waals surface area contributed by atoms with E-state index in [9.17, 15) is 0 Å². The number of hydrogen-bond donors (Lipinski definition) is 0. The second kappa shape index (κ2) is 5.05. The molecule has 1 aliphatic rings. The molecule has 1 aliphatic carbocycles. The summed E-state index contributed by atoms with van der Waals surface area (Å²) in [6.45, 7) is 4.54. The highest BCUT2D eigenvalue weighted by atomic mass is 14.3. The molecule has 0 saturated carbocycles. The Labute approximate surface area is 115 Å². The lowest BCUT2D eigenvalue weighted by Gasteiger charge is -2.14. The molecule has 0 saturated heterocycles. The predicted octanol–water partition coefficient (Wildman–Crippen LogP) is 5.65. The van der Waals surface area contributed by atoms with E-state index in [0.29, 0.717) is 5.92 Å². The summed E-state index contributed by atoms with van der Waals surface area (Å²) in [5.41, 5.74) is 7.15. The Balaban J connectivity index is 2.12. The molecule has 0 aliphatic heterocycles. The minimum Gasteiger partial charge on any atom is -0.0653 e. The summed E-state index contributed by atoms with van der Waals surface area (Å²) in [5, 5.41) is 0. The van der Waals surface area contributed by atoms with Gasteiger partial charge in [0.2, 0.25) is 0 Å². The molecule has 2 aromatic carbocycles. The van der Waals surface area contributed by atoms with Gasteiger partial charge in [0.1, 0.15) is 0 Å². The van der Waals surface area contributed by atoms with Gasteiger partial charge < -0.3 is 0 Å². The fourth-order valence-electron chi connectivity index (χ4n) is 3.16. The van der Waals surface area contributed by atoms with Gasteiger partial charge in [0.05, 0.1) is 0 Å². The molecule has 1 atom stereocenters. The van der Waals surface area contributed by atoms with E-state index in [0.717, 1.165) is 0 Å². The Morgan fingerprint density at radius 2 is 1.74 bits per heavy atom. The highest BCUT2D eigenvalue weighted by Crippen LogP contribution is 2.42. The molecule has 19 heavy (non-hydrogen) atoms. The van der Waals surface area contributed by atoms with Crippen LogP contribution in [0.4, 0.5) is 0 Å². The standard InChI is InChI=1S/C19H20/c1-3-8-16-14(2)13-19-17(11-7-12-18(16)19)15-9-5-4-6-10-15/h4-7,9-13,16H,3,8H2,1-2H3. The largest absolute Gasteiger partial charge is 0.0653 e. The van der Waals surface area contributed by atoms with Crippen LogP contribution in [-0.2, 0) is 0 Å². The van der Waals surface area contributed by atoms with Gasteiger partial charge in [0, 0.05) is 5.92 Å². The minimum absolute atomic E-state index is 0.628. The molecular weight excluding hydrogens is 228 g/mol. The van der Waals surface area contributed by atoms with E-state index in [2.05, 4.69) is 68.5 Å². The van der Waals surface area contributed by atoms with Crippen molar-refractivity contribution in [1.82, 2.24) is 0 Å². The maximum Gasteiger partial charge on any atom is 0.00547 e. The van der Waals surface area contributed by atoms with Crippen molar-refractivity contribution >= 4 is 6.08 Å². The van der Waals surface area contributed by atoms with Gasteiger partial charge in [-0.25, -0.2) is 0 Å². The van der Waals surface area contributed by atoms with Gasteiger partial charge in [-0.05, 0) is 35.6 Å². The van der Waals surface area contributed by atoms with E-state index in [1.54, 1.807) is 0 Å². The Kier molecular flexibility index (Phi) is 3.25. The van der Waals surface area contributed by atoms with Crippen molar-refractivity contribution in [2.75, 3.05) is 0 Å². The highest BCUT2D eigenvalue weighted by molar-refractivity contribution is 5.81. The second-order valence-electron chi connectivity index (χ2n) is 5.40. The maximum absolute atomic E-state index is 2.39. The molecule has 0 bridgehead atoms. The van der Waals surface area contributed by atoms with Crippen LogP contribution in [0.5, 0.6) is 0 Å². The fourth-order valence-corrected chi connectivity index (χ4v) is 3.16. The van der Waals surface area contributed by atoms with Crippen LogP contribution in [-0.4, -0.2) is 0 Å². The molecule has 0 fully saturated rings. The van der Waals surface area contributed by atoms with Crippen molar-refractivity contribution in [3.63, 3.8) is 0 Å². The quantitative estimate of drug-likeness (QED) is 0.658. The molecule has 0 heteroatoms. The van der Waals surface area contributed by atoms with Crippen molar-refractivity contribution in [1.29, 1.82) is 0 Å². The second-order valence-corrected chi connectivity index (χ2v) is 5.40. The van der Waals surface area contributed by atoms with Crippen LogP contribution in [0.15, 0.2) is 54.1 Å². The summed E-state index contributed by atoms with van der Waals surface area (Å²) in [6.07, 6.45) is 4.89. The summed E-state index contributed by atoms with van der Waals surface area (Å²) in [4.78, 5) is 0.